The van der Waals surface area contributed by atoms with E-state index in [1.165, 1.54) is 16.9 Å². The smallest absolute Gasteiger partial charge is 0.232 e. The van der Waals surface area contributed by atoms with Gasteiger partial charge in [0.05, 0.1) is 17.6 Å². The molecule has 1 aromatic carbocycles. The van der Waals surface area contributed by atoms with E-state index in [1.54, 1.807) is 13.1 Å². The lowest BCUT2D eigenvalue weighted by Gasteiger charge is -2.23. The van der Waals surface area contributed by atoms with Crippen molar-refractivity contribution in [3.63, 3.8) is 0 Å². The molecule has 1 saturated heterocycles. The van der Waals surface area contributed by atoms with Crippen LogP contribution in [-0.2, 0) is 10.0 Å². The van der Waals surface area contributed by atoms with Crippen LogP contribution in [0.15, 0.2) is 36.7 Å². The van der Waals surface area contributed by atoms with E-state index in [4.69, 9.17) is 0 Å². The first kappa shape index (κ1) is 22.9. The van der Waals surface area contributed by atoms with E-state index in [2.05, 4.69) is 35.9 Å². The molecule has 0 spiro atoms. The molecule has 3 aromatic rings. The number of hydrogen-bond donors (Lipinski definition) is 3. The molecule has 4 rings (SSSR count). The third-order valence-electron chi connectivity index (χ3n) is 5.54. The molecule has 0 bridgehead atoms. The predicted octanol–water partition coefficient (Wildman–Crippen LogP) is 2.84. The summed E-state index contributed by atoms with van der Waals surface area (Å²) in [5.41, 5.74) is 3.16. The van der Waals surface area contributed by atoms with Crippen LogP contribution in [0.5, 0.6) is 0 Å². The Morgan fingerprint density at radius 1 is 1.03 bits per heavy atom. The van der Waals surface area contributed by atoms with Crippen molar-refractivity contribution in [3.8, 4) is 0 Å². The Labute approximate surface area is 194 Å². The van der Waals surface area contributed by atoms with Crippen LogP contribution in [0.4, 0.5) is 28.8 Å². The Bertz CT molecular complexity index is 1240. The minimum atomic E-state index is -3.45. The Morgan fingerprint density at radius 3 is 2.45 bits per heavy atom. The summed E-state index contributed by atoms with van der Waals surface area (Å²) in [6.45, 7) is 5.58. The summed E-state index contributed by atoms with van der Waals surface area (Å²) < 4.78 is 25.9. The van der Waals surface area contributed by atoms with E-state index < -0.39 is 10.0 Å². The average Bonchev–Trinajstić information content (AvgIpc) is 3.27. The van der Waals surface area contributed by atoms with Gasteiger partial charge in [-0.3, -0.25) is 4.31 Å². The molecule has 0 radical (unpaired) electrons. The minimum Gasteiger partial charge on any atom is -0.338 e. The fraction of sp³-hybridized carbons (Fsp3) is 0.364. The van der Waals surface area contributed by atoms with Gasteiger partial charge in [-0.05, 0) is 50.4 Å². The Morgan fingerprint density at radius 2 is 1.79 bits per heavy atom. The van der Waals surface area contributed by atoms with Gasteiger partial charge in [0.25, 0.3) is 0 Å². The van der Waals surface area contributed by atoms with Gasteiger partial charge in [0.15, 0.2) is 0 Å². The lowest BCUT2D eigenvalue weighted by atomic mass is 9.97. The van der Waals surface area contributed by atoms with Gasteiger partial charge < -0.3 is 16.0 Å². The van der Waals surface area contributed by atoms with Crippen molar-refractivity contribution in [1.29, 1.82) is 0 Å². The van der Waals surface area contributed by atoms with Crippen LogP contribution in [0.2, 0.25) is 0 Å². The second-order valence-electron chi connectivity index (χ2n) is 8.18. The quantitative estimate of drug-likeness (QED) is 0.480. The van der Waals surface area contributed by atoms with Gasteiger partial charge in [0.2, 0.25) is 10.0 Å². The Hall–Kier alpha value is -3.31. The fourth-order valence-corrected chi connectivity index (χ4v) is 4.34. The van der Waals surface area contributed by atoms with Gasteiger partial charge >= 0.3 is 0 Å². The second kappa shape index (κ2) is 9.28. The van der Waals surface area contributed by atoms with Crippen LogP contribution in [0.25, 0.3) is 0 Å². The molecule has 1 fully saturated rings. The van der Waals surface area contributed by atoms with Crippen LogP contribution in [0.1, 0.15) is 29.4 Å². The molecule has 0 saturated carbocycles. The van der Waals surface area contributed by atoms with Crippen molar-refractivity contribution in [2.24, 2.45) is 0 Å². The summed E-state index contributed by atoms with van der Waals surface area (Å²) in [7, 11) is -1.89. The first-order valence-corrected chi connectivity index (χ1v) is 12.5. The third kappa shape index (κ3) is 5.55. The minimum absolute atomic E-state index is 0.361. The van der Waals surface area contributed by atoms with Crippen molar-refractivity contribution in [2.75, 3.05) is 41.3 Å². The molecule has 3 heterocycles. The first-order chi connectivity index (χ1) is 15.7. The highest BCUT2D eigenvalue weighted by Crippen LogP contribution is 2.34. The van der Waals surface area contributed by atoms with E-state index in [9.17, 15) is 8.42 Å². The topological polar surface area (TPSA) is 125 Å². The van der Waals surface area contributed by atoms with Gasteiger partial charge in [-0.2, -0.15) is 0 Å². The molecule has 2 aromatic heterocycles. The van der Waals surface area contributed by atoms with Crippen LogP contribution in [0, 0.1) is 13.8 Å². The van der Waals surface area contributed by atoms with Gasteiger partial charge in [-0.25, -0.2) is 28.4 Å². The number of sulfonamides is 1. The number of aryl methyl sites for hydroxylation is 2. The molecule has 174 valence electrons. The maximum atomic E-state index is 12.3. The van der Waals surface area contributed by atoms with E-state index in [-0.39, 0.29) is 0 Å². The highest BCUT2D eigenvalue weighted by molar-refractivity contribution is 7.92. The molecule has 1 aliphatic heterocycles. The first-order valence-electron chi connectivity index (χ1n) is 10.7. The fourth-order valence-electron chi connectivity index (χ4n) is 3.83. The summed E-state index contributed by atoms with van der Waals surface area (Å²) in [4.78, 5) is 17.2. The SMILES string of the molecule is Cc1cc(Nc2cc(Nc3ccc(C4CCNC4)cc3N(C)S(C)(=O)=O)ncn2)nc(C)n1. The van der Waals surface area contributed by atoms with Gasteiger partial charge in [0, 0.05) is 31.4 Å². The average molecular weight is 469 g/mol. The van der Waals surface area contributed by atoms with Crippen LogP contribution in [-0.4, -0.2) is 54.7 Å². The van der Waals surface area contributed by atoms with E-state index in [0.29, 0.717) is 40.6 Å². The highest BCUT2D eigenvalue weighted by atomic mass is 32.2. The van der Waals surface area contributed by atoms with Crippen LogP contribution in [0.3, 0.4) is 0 Å². The molecule has 11 heteroatoms. The summed E-state index contributed by atoms with van der Waals surface area (Å²) in [5, 5.41) is 9.77. The number of anilines is 5. The molecule has 33 heavy (non-hydrogen) atoms. The highest BCUT2D eigenvalue weighted by Gasteiger charge is 2.22. The lowest BCUT2D eigenvalue weighted by molar-refractivity contribution is 0.600. The van der Waals surface area contributed by atoms with Crippen LogP contribution >= 0.6 is 0 Å². The Balaban J connectivity index is 1.63. The Kier molecular flexibility index (Phi) is 6.43. The summed E-state index contributed by atoms with van der Waals surface area (Å²) in [6.07, 6.45) is 3.65. The van der Waals surface area contributed by atoms with Crippen molar-refractivity contribution in [2.45, 2.75) is 26.2 Å². The van der Waals surface area contributed by atoms with Gasteiger partial charge in [-0.15, -0.1) is 0 Å². The summed E-state index contributed by atoms with van der Waals surface area (Å²) in [5.74, 6) is 2.73. The molecule has 0 aliphatic carbocycles. The van der Waals surface area contributed by atoms with Crippen molar-refractivity contribution in [3.05, 3.63) is 53.7 Å². The normalized spacial score (nSPS) is 15.9. The zero-order chi connectivity index (χ0) is 23.6. The maximum Gasteiger partial charge on any atom is 0.232 e. The molecule has 10 nitrogen and oxygen atoms in total. The van der Waals surface area contributed by atoms with E-state index in [0.717, 1.165) is 30.8 Å². The van der Waals surface area contributed by atoms with Gasteiger partial charge in [0.1, 0.15) is 29.6 Å². The lowest BCUT2D eigenvalue weighted by Crippen LogP contribution is -2.26. The molecule has 1 unspecified atom stereocenters. The van der Waals surface area contributed by atoms with E-state index >= 15 is 0 Å². The maximum absolute atomic E-state index is 12.3. The standard InChI is InChI=1S/C22H28N8O2S/c1-14-9-22(27-15(2)26-14)29-21-11-20(24-13-25-21)28-18-6-5-16(17-7-8-23-12-17)10-19(18)30(3)33(4,31)32/h5-6,9-11,13,17,23H,7-8,12H2,1-4H3,(H2,24,25,26,27,28,29). The van der Waals surface area contributed by atoms with Crippen molar-refractivity contribution in [1.82, 2.24) is 25.3 Å². The van der Waals surface area contributed by atoms with E-state index in [1.807, 2.05) is 38.1 Å². The molecular weight excluding hydrogens is 440 g/mol. The molecule has 1 aliphatic rings. The molecule has 0 amide bonds. The molecular formula is C22H28N8O2S. The monoisotopic (exact) mass is 468 g/mol. The van der Waals surface area contributed by atoms with Gasteiger partial charge in [-0.1, -0.05) is 6.07 Å². The number of hydrogen-bond acceptors (Lipinski definition) is 9. The zero-order valence-corrected chi connectivity index (χ0v) is 19.9. The van der Waals surface area contributed by atoms with Crippen molar-refractivity contribution < 1.29 is 8.42 Å². The zero-order valence-electron chi connectivity index (χ0n) is 19.1. The number of rotatable bonds is 7. The van der Waals surface area contributed by atoms with Crippen LogP contribution < -0.4 is 20.3 Å². The number of nitrogens with zero attached hydrogens (tertiary/aromatic N) is 5. The summed E-state index contributed by atoms with van der Waals surface area (Å²) >= 11 is 0. The number of aromatic nitrogens is 4. The number of benzene rings is 1. The molecule has 3 N–H and O–H groups in total. The second-order valence-corrected chi connectivity index (χ2v) is 10.2. The number of nitrogens with one attached hydrogen (secondary N) is 3. The molecule has 1 atom stereocenters. The van der Waals surface area contributed by atoms with Crippen molar-refractivity contribution >= 4 is 38.9 Å². The third-order valence-corrected chi connectivity index (χ3v) is 6.73. The largest absolute Gasteiger partial charge is 0.338 e. The summed E-state index contributed by atoms with van der Waals surface area (Å²) in [6, 6.07) is 9.45. The predicted molar refractivity (Wildman–Crippen MR) is 130 cm³/mol.